The summed E-state index contributed by atoms with van der Waals surface area (Å²) in [6, 6.07) is 14.5. The van der Waals surface area contributed by atoms with Gasteiger partial charge in [-0.25, -0.2) is 0 Å². The molecular formula is C23H27ClN2O4. The predicted molar refractivity (Wildman–Crippen MR) is 116 cm³/mol. The molecule has 30 heavy (non-hydrogen) atoms. The Morgan fingerprint density at radius 1 is 1.10 bits per heavy atom. The van der Waals surface area contributed by atoms with Crippen molar-refractivity contribution in [2.45, 2.75) is 31.7 Å². The van der Waals surface area contributed by atoms with Crippen molar-refractivity contribution in [2.24, 2.45) is 0 Å². The lowest BCUT2D eigenvalue weighted by molar-refractivity contribution is -0.122. The van der Waals surface area contributed by atoms with Crippen molar-refractivity contribution in [1.29, 1.82) is 0 Å². The average Bonchev–Trinajstić information content (AvgIpc) is 2.78. The number of rotatable bonds is 8. The molecule has 1 N–H and O–H groups in total. The highest BCUT2D eigenvalue weighted by Gasteiger charge is 2.24. The van der Waals surface area contributed by atoms with E-state index in [1.54, 1.807) is 37.4 Å². The van der Waals surface area contributed by atoms with Gasteiger partial charge in [0, 0.05) is 31.1 Å². The van der Waals surface area contributed by atoms with E-state index in [2.05, 4.69) is 5.32 Å². The van der Waals surface area contributed by atoms with Crippen LogP contribution in [-0.4, -0.2) is 49.6 Å². The van der Waals surface area contributed by atoms with E-state index in [-0.39, 0.29) is 17.9 Å². The number of halogens is 1. The van der Waals surface area contributed by atoms with Gasteiger partial charge in [-0.05, 0) is 55.7 Å². The minimum Gasteiger partial charge on any atom is -0.497 e. The monoisotopic (exact) mass is 430 g/mol. The highest BCUT2D eigenvalue weighted by molar-refractivity contribution is 6.32. The molecule has 0 radical (unpaired) electrons. The smallest absolute Gasteiger partial charge is 0.253 e. The lowest BCUT2D eigenvalue weighted by atomic mass is 10.0. The van der Waals surface area contributed by atoms with Crippen LogP contribution >= 0.6 is 11.6 Å². The first-order valence-electron chi connectivity index (χ1n) is 10.2. The van der Waals surface area contributed by atoms with E-state index in [1.807, 2.05) is 23.1 Å². The van der Waals surface area contributed by atoms with E-state index in [0.717, 1.165) is 18.6 Å². The number of amides is 2. The van der Waals surface area contributed by atoms with E-state index >= 15 is 0 Å². The number of carbonyl (C=O) groups is 2. The molecular weight excluding hydrogens is 404 g/mol. The van der Waals surface area contributed by atoms with Crippen LogP contribution in [0.3, 0.4) is 0 Å². The van der Waals surface area contributed by atoms with Gasteiger partial charge in [-0.2, -0.15) is 0 Å². The van der Waals surface area contributed by atoms with Gasteiger partial charge >= 0.3 is 0 Å². The first-order valence-corrected chi connectivity index (χ1v) is 10.5. The third-order valence-corrected chi connectivity index (χ3v) is 5.44. The molecule has 0 spiro atoms. The van der Waals surface area contributed by atoms with Crippen molar-refractivity contribution in [3.8, 4) is 11.5 Å². The van der Waals surface area contributed by atoms with E-state index in [1.165, 1.54) is 0 Å². The molecule has 1 saturated heterocycles. The molecule has 0 saturated carbocycles. The molecule has 3 rings (SSSR count). The van der Waals surface area contributed by atoms with Crippen LogP contribution in [0.2, 0.25) is 5.02 Å². The van der Waals surface area contributed by atoms with Gasteiger partial charge in [0.2, 0.25) is 5.91 Å². The lowest BCUT2D eigenvalue weighted by Gasteiger charge is -2.32. The minimum absolute atomic E-state index is 0.0117. The van der Waals surface area contributed by atoms with Crippen LogP contribution in [0.15, 0.2) is 48.5 Å². The summed E-state index contributed by atoms with van der Waals surface area (Å²) in [5.74, 6) is 1.38. The maximum Gasteiger partial charge on any atom is 0.253 e. The summed E-state index contributed by atoms with van der Waals surface area (Å²) < 4.78 is 10.7. The second kappa shape index (κ2) is 10.9. The molecule has 0 bridgehead atoms. The topological polar surface area (TPSA) is 67.9 Å². The Morgan fingerprint density at radius 2 is 1.80 bits per heavy atom. The fourth-order valence-corrected chi connectivity index (χ4v) is 3.61. The van der Waals surface area contributed by atoms with Crippen LogP contribution in [0.5, 0.6) is 11.5 Å². The van der Waals surface area contributed by atoms with Crippen molar-refractivity contribution in [3.05, 3.63) is 59.1 Å². The molecule has 7 heteroatoms. The Hall–Kier alpha value is -2.73. The first-order chi connectivity index (χ1) is 14.6. The molecule has 0 unspecified atom stereocenters. The summed E-state index contributed by atoms with van der Waals surface area (Å²) in [6.45, 7) is 1.70. The standard InChI is InChI=1S/C23H27ClN2O4/c1-29-19-10-8-17(9-11-19)23(28)26-14-12-18(13-15-26)25-22(27)7-4-16-30-21-6-3-2-5-20(21)24/h2-3,5-6,8-11,18H,4,7,12-16H2,1H3,(H,25,27). The molecule has 2 aromatic rings. The molecule has 1 aliphatic heterocycles. The zero-order chi connectivity index (χ0) is 21.3. The van der Waals surface area contributed by atoms with Crippen molar-refractivity contribution in [3.63, 3.8) is 0 Å². The number of ether oxygens (including phenoxy) is 2. The van der Waals surface area contributed by atoms with E-state index in [9.17, 15) is 9.59 Å². The van der Waals surface area contributed by atoms with Gasteiger partial charge < -0.3 is 19.7 Å². The Balaban J connectivity index is 1.35. The Bertz CT molecular complexity index is 849. The number of nitrogens with one attached hydrogen (secondary N) is 1. The maximum absolute atomic E-state index is 12.6. The number of nitrogens with zero attached hydrogens (tertiary/aromatic N) is 1. The molecule has 1 heterocycles. The lowest BCUT2D eigenvalue weighted by Crippen LogP contribution is -2.46. The number of methoxy groups -OCH3 is 1. The van der Waals surface area contributed by atoms with Crippen molar-refractivity contribution in [2.75, 3.05) is 26.8 Å². The third-order valence-electron chi connectivity index (χ3n) is 5.13. The molecule has 0 aromatic heterocycles. The van der Waals surface area contributed by atoms with Crippen LogP contribution < -0.4 is 14.8 Å². The summed E-state index contributed by atoms with van der Waals surface area (Å²) in [7, 11) is 1.60. The summed E-state index contributed by atoms with van der Waals surface area (Å²) in [5, 5.41) is 3.64. The van der Waals surface area contributed by atoms with Crippen LogP contribution in [0, 0.1) is 0 Å². The highest BCUT2D eigenvalue weighted by Crippen LogP contribution is 2.23. The van der Waals surface area contributed by atoms with Gasteiger partial charge in [0.1, 0.15) is 11.5 Å². The Morgan fingerprint density at radius 3 is 2.47 bits per heavy atom. The minimum atomic E-state index is 0.0117. The van der Waals surface area contributed by atoms with Gasteiger partial charge in [-0.15, -0.1) is 0 Å². The van der Waals surface area contributed by atoms with Crippen molar-refractivity contribution >= 4 is 23.4 Å². The molecule has 160 valence electrons. The van der Waals surface area contributed by atoms with Crippen molar-refractivity contribution in [1.82, 2.24) is 10.2 Å². The molecule has 1 aliphatic rings. The largest absolute Gasteiger partial charge is 0.497 e. The first kappa shape index (κ1) is 22.0. The number of para-hydroxylation sites is 1. The summed E-state index contributed by atoms with van der Waals surface area (Å²) in [4.78, 5) is 26.7. The van der Waals surface area contributed by atoms with Crippen LogP contribution in [0.25, 0.3) is 0 Å². The summed E-state index contributed by atoms with van der Waals surface area (Å²) in [6.07, 6.45) is 2.52. The second-order valence-corrected chi connectivity index (χ2v) is 7.65. The van der Waals surface area contributed by atoms with E-state index < -0.39 is 0 Å². The highest BCUT2D eigenvalue weighted by atomic mass is 35.5. The van der Waals surface area contributed by atoms with Gasteiger partial charge in [0.25, 0.3) is 5.91 Å². The molecule has 0 atom stereocenters. The SMILES string of the molecule is COc1ccc(C(=O)N2CCC(NC(=O)CCCOc3ccccc3Cl)CC2)cc1. The van der Waals surface area contributed by atoms with Crippen LogP contribution in [0.4, 0.5) is 0 Å². The average molecular weight is 431 g/mol. The van der Waals surface area contributed by atoms with Gasteiger partial charge in [-0.3, -0.25) is 9.59 Å². The van der Waals surface area contributed by atoms with Crippen LogP contribution in [0.1, 0.15) is 36.0 Å². The summed E-state index contributed by atoms with van der Waals surface area (Å²) >= 11 is 6.04. The van der Waals surface area contributed by atoms with Gasteiger partial charge in [0.05, 0.1) is 18.7 Å². The summed E-state index contributed by atoms with van der Waals surface area (Å²) in [5.41, 5.74) is 0.650. The molecule has 2 amide bonds. The number of likely N-dealkylation sites (tertiary alicyclic amines) is 1. The number of hydrogen-bond donors (Lipinski definition) is 1. The molecule has 1 fully saturated rings. The number of carbonyl (C=O) groups excluding carboxylic acids is 2. The predicted octanol–water partition coefficient (Wildman–Crippen LogP) is 3.93. The fraction of sp³-hybridized carbons (Fsp3) is 0.391. The van der Waals surface area contributed by atoms with Crippen molar-refractivity contribution < 1.29 is 19.1 Å². The maximum atomic E-state index is 12.6. The van der Waals surface area contributed by atoms with Crippen LogP contribution in [-0.2, 0) is 4.79 Å². The van der Waals surface area contributed by atoms with E-state index in [0.29, 0.717) is 48.9 Å². The molecule has 6 nitrogen and oxygen atoms in total. The number of hydrogen-bond acceptors (Lipinski definition) is 4. The molecule has 0 aliphatic carbocycles. The third kappa shape index (κ3) is 6.13. The zero-order valence-corrected chi connectivity index (χ0v) is 17.9. The van der Waals surface area contributed by atoms with Gasteiger partial charge in [-0.1, -0.05) is 23.7 Å². The fourth-order valence-electron chi connectivity index (χ4n) is 3.42. The number of piperidine rings is 1. The molecule has 2 aromatic carbocycles. The number of benzene rings is 2. The zero-order valence-electron chi connectivity index (χ0n) is 17.1. The Labute approximate surface area is 182 Å². The van der Waals surface area contributed by atoms with Gasteiger partial charge in [0.15, 0.2) is 0 Å². The Kier molecular flexibility index (Phi) is 7.97. The normalized spacial score (nSPS) is 14.3. The second-order valence-electron chi connectivity index (χ2n) is 7.24. The van der Waals surface area contributed by atoms with E-state index in [4.69, 9.17) is 21.1 Å². The quantitative estimate of drug-likeness (QED) is 0.644.